The fourth-order valence-corrected chi connectivity index (χ4v) is 3.16. The molecule has 0 spiro atoms. The van der Waals surface area contributed by atoms with Crippen LogP contribution < -0.4 is 0 Å². The second-order valence-electron chi connectivity index (χ2n) is 4.84. The van der Waals surface area contributed by atoms with Crippen molar-refractivity contribution in [1.29, 1.82) is 0 Å². The molecular formula is C14H15ClN4S. The molecule has 0 aliphatic rings. The molecule has 6 heteroatoms. The summed E-state index contributed by atoms with van der Waals surface area (Å²) in [6, 6.07) is 3.97. The van der Waals surface area contributed by atoms with Gasteiger partial charge in [0, 0.05) is 29.7 Å². The van der Waals surface area contributed by atoms with Gasteiger partial charge in [-0.05, 0) is 19.1 Å². The fourth-order valence-electron chi connectivity index (χ4n) is 2.27. The molecule has 1 unspecified atom stereocenters. The van der Waals surface area contributed by atoms with Gasteiger partial charge in [0.05, 0.1) is 10.9 Å². The molecule has 0 fully saturated rings. The van der Waals surface area contributed by atoms with Gasteiger partial charge in [-0.25, -0.2) is 15.0 Å². The molecule has 0 aliphatic carbocycles. The summed E-state index contributed by atoms with van der Waals surface area (Å²) in [5, 5.41) is 3.13. The zero-order chi connectivity index (χ0) is 14.1. The number of halogens is 1. The number of hydrogen-bond acceptors (Lipinski definition) is 4. The molecule has 4 nitrogen and oxygen atoms in total. The Morgan fingerprint density at radius 3 is 2.90 bits per heavy atom. The van der Waals surface area contributed by atoms with Crippen LogP contribution in [-0.4, -0.2) is 19.5 Å². The predicted octanol–water partition coefficient (Wildman–Crippen LogP) is 3.74. The Kier molecular flexibility index (Phi) is 3.72. The number of aryl methyl sites for hydroxylation is 1. The molecule has 3 aromatic rings. The highest BCUT2D eigenvalue weighted by Crippen LogP contribution is 2.24. The van der Waals surface area contributed by atoms with Gasteiger partial charge in [-0.1, -0.05) is 6.92 Å². The SMILES string of the molecule is Cc1ccc2nc(CCl)n(CC(C)c3nccs3)c2n1. The van der Waals surface area contributed by atoms with Crippen LogP contribution in [0.1, 0.15) is 29.4 Å². The molecule has 104 valence electrons. The maximum atomic E-state index is 6.03. The van der Waals surface area contributed by atoms with Gasteiger partial charge in [0.25, 0.3) is 0 Å². The van der Waals surface area contributed by atoms with Gasteiger partial charge in [-0.2, -0.15) is 0 Å². The second-order valence-corrected chi connectivity index (χ2v) is 6.03. The molecule has 0 aliphatic heterocycles. The molecule has 3 rings (SSSR count). The van der Waals surface area contributed by atoms with Crippen LogP contribution in [0, 0.1) is 6.92 Å². The number of fused-ring (bicyclic) bond motifs is 1. The van der Waals surface area contributed by atoms with Crippen LogP contribution in [0.5, 0.6) is 0 Å². The molecule has 0 bridgehead atoms. The van der Waals surface area contributed by atoms with Gasteiger partial charge >= 0.3 is 0 Å². The lowest BCUT2D eigenvalue weighted by Gasteiger charge is -2.12. The minimum atomic E-state index is 0.316. The van der Waals surface area contributed by atoms with Crippen LogP contribution in [0.2, 0.25) is 0 Å². The van der Waals surface area contributed by atoms with Crippen LogP contribution in [0.3, 0.4) is 0 Å². The molecule has 1 atom stereocenters. The third-order valence-electron chi connectivity index (χ3n) is 3.26. The quantitative estimate of drug-likeness (QED) is 0.690. The topological polar surface area (TPSA) is 43.6 Å². The van der Waals surface area contributed by atoms with Crippen molar-refractivity contribution in [2.45, 2.75) is 32.2 Å². The number of imidazole rings is 1. The minimum absolute atomic E-state index is 0.316. The van der Waals surface area contributed by atoms with E-state index < -0.39 is 0 Å². The summed E-state index contributed by atoms with van der Waals surface area (Å²) in [5.74, 6) is 1.57. The fraction of sp³-hybridized carbons (Fsp3) is 0.357. The van der Waals surface area contributed by atoms with E-state index in [1.807, 2.05) is 30.6 Å². The molecule has 0 saturated carbocycles. The Morgan fingerprint density at radius 1 is 1.35 bits per heavy atom. The first-order valence-electron chi connectivity index (χ1n) is 6.47. The highest BCUT2D eigenvalue weighted by molar-refractivity contribution is 7.09. The van der Waals surface area contributed by atoms with Gasteiger partial charge in [-0.3, -0.25) is 0 Å². The Balaban J connectivity index is 2.03. The Hall–Kier alpha value is -1.46. The molecule has 3 aromatic heterocycles. The highest BCUT2D eigenvalue weighted by Gasteiger charge is 2.16. The number of hydrogen-bond donors (Lipinski definition) is 0. The van der Waals surface area contributed by atoms with Crippen molar-refractivity contribution in [3.05, 3.63) is 40.2 Å². The standard InChI is InChI=1S/C14H15ClN4S/c1-9(14-16-5-6-20-14)8-19-12(7-15)18-11-4-3-10(2)17-13(11)19/h3-6,9H,7-8H2,1-2H3. The summed E-state index contributed by atoms with van der Waals surface area (Å²) < 4.78 is 2.11. The van der Waals surface area contributed by atoms with Crippen LogP contribution in [0.25, 0.3) is 11.2 Å². The van der Waals surface area contributed by atoms with E-state index >= 15 is 0 Å². The first-order chi connectivity index (χ1) is 9.69. The summed E-state index contributed by atoms with van der Waals surface area (Å²) in [7, 11) is 0. The van der Waals surface area contributed by atoms with Gasteiger partial charge < -0.3 is 4.57 Å². The first-order valence-corrected chi connectivity index (χ1v) is 7.88. The largest absolute Gasteiger partial charge is 0.311 e. The van der Waals surface area contributed by atoms with E-state index in [-0.39, 0.29) is 0 Å². The first kappa shape index (κ1) is 13.5. The summed E-state index contributed by atoms with van der Waals surface area (Å²) in [4.78, 5) is 13.5. The lowest BCUT2D eigenvalue weighted by molar-refractivity contribution is 0.589. The number of rotatable bonds is 4. The van der Waals surface area contributed by atoms with Crippen molar-refractivity contribution in [2.24, 2.45) is 0 Å². The summed E-state index contributed by atoms with van der Waals surface area (Å²) in [6.07, 6.45) is 1.84. The monoisotopic (exact) mass is 306 g/mol. The van der Waals surface area contributed by atoms with E-state index in [9.17, 15) is 0 Å². The van der Waals surface area contributed by atoms with Crippen molar-refractivity contribution in [3.8, 4) is 0 Å². The smallest absolute Gasteiger partial charge is 0.160 e. The number of thiazole rings is 1. The lowest BCUT2D eigenvalue weighted by Crippen LogP contribution is -2.09. The zero-order valence-electron chi connectivity index (χ0n) is 11.4. The number of aromatic nitrogens is 4. The van der Waals surface area contributed by atoms with Crippen molar-refractivity contribution in [2.75, 3.05) is 0 Å². The number of nitrogens with zero attached hydrogens (tertiary/aromatic N) is 4. The molecule has 0 radical (unpaired) electrons. The predicted molar refractivity (Wildman–Crippen MR) is 82.4 cm³/mol. The van der Waals surface area contributed by atoms with Crippen molar-refractivity contribution in [3.63, 3.8) is 0 Å². The highest BCUT2D eigenvalue weighted by atomic mass is 35.5. The van der Waals surface area contributed by atoms with Crippen molar-refractivity contribution >= 4 is 34.1 Å². The molecule has 0 saturated heterocycles. The van der Waals surface area contributed by atoms with Gasteiger partial charge in [0.15, 0.2) is 5.65 Å². The maximum Gasteiger partial charge on any atom is 0.160 e. The van der Waals surface area contributed by atoms with Crippen molar-refractivity contribution in [1.82, 2.24) is 19.5 Å². The van der Waals surface area contributed by atoms with Crippen LogP contribution in [0.4, 0.5) is 0 Å². The second kappa shape index (κ2) is 5.50. The zero-order valence-corrected chi connectivity index (χ0v) is 12.9. The summed E-state index contributed by atoms with van der Waals surface area (Å²) in [6.45, 7) is 4.95. The molecule has 20 heavy (non-hydrogen) atoms. The van der Waals surface area contributed by atoms with E-state index in [1.165, 1.54) is 0 Å². The molecule has 0 amide bonds. The van der Waals surface area contributed by atoms with E-state index in [1.54, 1.807) is 11.3 Å². The summed E-state index contributed by atoms with van der Waals surface area (Å²) in [5.41, 5.74) is 2.79. The average molecular weight is 307 g/mol. The van der Waals surface area contributed by atoms with Gasteiger partial charge in [0.1, 0.15) is 11.3 Å². The molecule has 0 N–H and O–H groups in total. The van der Waals surface area contributed by atoms with E-state index in [0.29, 0.717) is 11.8 Å². The van der Waals surface area contributed by atoms with Crippen LogP contribution in [-0.2, 0) is 12.4 Å². The number of pyridine rings is 1. The van der Waals surface area contributed by atoms with Gasteiger partial charge in [0.2, 0.25) is 0 Å². The third-order valence-corrected chi connectivity index (χ3v) is 4.51. The normalized spacial score (nSPS) is 12.9. The van der Waals surface area contributed by atoms with Crippen LogP contribution in [0.15, 0.2) is 23.7 Å². The van der Waals surface area contributed by atoms with E-state index in [4.69, 9.17) is 11.6 Å². The van der Waals surface area contributed by atoms with Crippen molar-refractivity contribution < 1.29 is 0 Å². The lowest BCUT2D eigenvalue weighted by atomic mass is 10.2. The van der Waals surface area contributed by atoms with Crippen LogP contribution >= 0.6 is 22.9 Å². The van der Waals surface area contributed by atoms with E-state index in [2.05, 4.69) is 26.4 Å². The molecule has 0 aromatic carbocycles. The summed E-state index contributed by atoms with van der Waals surface area (Å²) >= 11 is 7.70. The van der Waals surface area contributed by atoms with E-state index in [0.717, 1.165) is 34.2 Å². The maximum absolute atomic E-state index is 6.03. The number of alkyl halides is 1. The minimum Gasteiger partial charge on any atom is -0.311 e. The molecular weight excluding hydrogens is 292 g/mol. The Bertz CT molecular complexity index is 720. The van der Waals surface area contributed by atoms with Gasteiger partial charge in [-0.15, -0.1) is 22.9 Å². The Morgan fingerprint density at radius 2 is 2.20 bits per heavy atom. The average Bonchev–Trinajstić information content (AvgIpc) is 3.07. The third kappa shape index (κ3) is 2.43. The molecule has 3 heterocycles. The Labute approximate surface area is 126 Å².